The van der Waals surface area contributed by atoms with Crippen molar-refractivity contribution in [2.24, 2.45) is 5.73 Å². The number of thiocarbonyl (C=S) groups is 1. The van der Waals surface area contributed by atoms with Crippen molar-refractivity contribution in [1.29, 1.82) is 0 Å². The highest BCUT2D eigenvalue weighted by Crippen LogP contribution is 2.37. The first-order chi connectivity index (χ1) is 8.59. The predicted molar refractivity (Wildman–Crippen MR) is 75.7 cm³/mol. The van der Waals surface area contributed by atoms with E-state index in [1.54, 1.807) is 0 Å². The number of rotatable bonds is 6. The summed E-state index contributed by atoms with van der Waals surface area (Å²) in [6.45, 7) is 1.94. The lowest BCUT2D eigenvalue weighted by Gasteiger charge is -2.26. The van der Waals surface area contributed by atoms with E-state index in [-0.39, 0.29) is 0 Å². The Labute approximate surface area is 113 Å². The molecular formula is C12H21N5S. The monoisotopic (exact) mass is 267 g/mol. The van der Waals surface area contributed by atoms with E-state index in [2.05, 4.69) is 29.3 Å². The summed E-state index contributed by atoms with van der Waals surface area (Å²) in [4.78, 5) is 2.55. The van der Waals surface area contributed by atoms with Crippen LogP contribution in [0.4, 0.5) is 0 Å². The van der Waals surface area contributed by atoms with Gasteiger partial charge in [0.15, 0.2) is 0 Å². The molecule has 1 fully saturated rings. The van der Waals surface area contributed by atoms with Crippen LogP contribution in [0.15, 0.2) is 0 Å². The van der Waals surface area contributed by atoms with E-state index in [9.17, 15) is 0 Å². The molecule has 1 heterocycles. The predicted octanol–water partition coefficient (Wildman–Crippen LogP) is 1.13. The van der Waals surface area contributed by atoms with Gasteiger partial charge in [0.1, 0.15) is 10.7 Å². The number of hydrogen-bond donors (Lipinski definition) is 1. The summed E-state index contributed by atoms with van der Waals surface area (Å²) in [6.07, 6.45) is 4.75. The van der Waals surface area contributed by atoms with E-state index >= 15 is 0 Å². The van der Waals surface area contributed by atoms with Gasteiger partial charge >= 0.3 is 0 Å². The van der Waals surface area contributed by atoms with Gasteiger partial charge in [-0.3, -0.25) is 0 Å². The molecule has 2 rings (SSSR count). The van der Waals surface area contributed by atoms with Gasteiger partial charge in [-0.25, -0.2) is 4.68 Å². The van der Waals surface area contributed by atoms with Crippen molar-refractivity contribution in [2.45, 2.75) is 38.1 Å². The quantitative estimate of drug-likeness (QED) is 0.783. The Morgan fingerprint density at radius 2 is 2.22 bits per heavy atom. The van der Waals surface area contributed by atoms with Crippen LogP contribution in [-0.4, -0.2) is 45.5 Å². The summed E-state index contributed by atoms with van der Waals surface area (Å²) in [7, 11) is 4.16. The largest absolute Gasteiger partial charge is 0.388 e. The van der Waals surface area contributed by atoms with E-state index in [0.29, 0.717) is 10.9 Å². The highest BCUT2D eigenvalue weighted by molar-refractivity contribution is 7.80. The van der Waals surface area contributed by atoms with Crippen LogP contribution in [0.2, 0.25) is 0 Å². The maximum atomic E-state index is 5.73. The Morgan fingerprint density at radius 1 is 1.50 bits per heavy atom. The van der Waals surface area contributed by atoms with Gasteiger partial charge in [0.25, 0.3) is 0 Å². The second-order valence-corrected chi connectivity index (χ2v) is 5.64. The maximum Gasteiger partial charge on any atom is 0.143 e. The third kappa shape index (κ3) is 2.87. The van der Waals surface area contributed by atoms with E-state index in [1.165, 1.54) is 19.3 Å². The first-order valence-electron chi connectivity index (χ1n) is 6.47. The number of aromatic nitrogens is 3. The Morgan fingerprint density at radius 3 is 2.72 bits per heavy atom. The van der Waals surface area contributed by atoms with Crippen molar-refractivity contribution < 1.29 is 0 Å². The highest BCUT2D eigenvalue weighted by Gasteiger charge is 2.28. The second kappa shape index (κ2) is 5.75. The Bertz CT molecular complexity index is 422. The van der Waals surface area contributed by atoms with E-state index < -0.39 is 0 Å². The first kappa shape index (κ1) is 13.4. The standard InChI is InChI=1S/C12H21N5S/c1-16(2)7-4-8-17-11(9-5-3-6-9)10(12(13)18)14-15-17/h9H,3-8H2,1-2H3,(H2,13,18). The van der Waals surface area contributed by atoms with Gasteiger partial charge in [0.05, 0.1) is 5.69 Å². The normalized spacial score (nSPS) is 15.9. The number of aryl methyl sites for hydroxylation is 1. The van der Waals surface area contributed by atoms with Crippen LogP contribution >= 0.6 is 12.2 Å². The van der Waals surface area contributed by atoms with Crippen LogP contribution < -0.4 is 5.73 Å². The maximum absolute atomic E-state index is 5.73. The number of nitrogens with two attached hydrogens (primary N) is 1. The van der Waals surface area contributed by atoms with Crippen molar-refractivity contribution in [3.8, 4) is 0 Å². The SMILES string of the molecule is CN(C)CCCn1nnc(C(N)=S)c1C1CCC1. The van der Waals surface area contributed by atoms with Gasteiger partial charge in [-0.1, -0.05) is 23.9 Å². The summed E-state index contributed by atoms with van der Waals surface area (Å²) < 4.78 is 2.00. The summed E-state index contributed by atoms with van der Waals surface area (Å²) in [5.74, 6) is 0.552. The lowest BCUT2D eigenvalue weighted by molar-refractivity contribution is 0.357. The van der Waals surface area contributed by atoms with Gasteiger partial charge in [-0.15, -0.1) is 5.10 Å². The zero-order chi connectivity index (χ0) is 13.1. The molecule has 6 heteroatoms. The molecule has 0 aliphatic heterocycles. The molecular weight excluding hydrogens is 246 g/mol. The third-order valence-corrected chi connectivity index (χ3v) is 3.67. The molecule has 1 aliphatic rings. The van der Waals surface area contributed by atoms with Crippen LogP contribution in [0.5, 0.6) is 0 Å². The smallest absolute Gasteiger partial charge is 0.143 e. The van der Waals surface area contributed by atoms with Crippen molar-refractivity contribution in [3.63, 3.8) is 0 Å². The van der Waals surface area contributed by atoms with E-state index in [4.69, 9.17) is 18.0 Å². The summed E-state index contributed by atoms with van der Waals surface area (Å²) in [5, 5.41) is 8.37. The van der Waals surface area contributed by atoms with Crippen LogP contribution in [0.25, 0.3) is 0 Å². The number of nitrogens with zero attached hydrogens (tertiary/aromatic N) is 4. The van der Waals surface area contributed by atoms with Gasteiger partial charge in [0.2, 0.25) is 0 Å². The minimum absolute atomic E-state index is 0.371. The fourth-order valence-electron chi connectivity index (χ4n) is 2.28. The molecule has 0 radical (unpaired) electrons. The molecule has 0 saturated heterocycles. The lowest BCUT2D eigenvalue weighted by Crippen LogP contribution is -2.22. The van der Waals surface area contributed by atoms with Crippen LogP contribution in [0.1, 0.15) is 43.0 Å². The second-order valence-electron chi connectivity index (χ2n) is 5.20. The van der Waals surface area contributed by atoms with Crippen molar-refractivity contribution in [2.75, 3.05) is 20.6 Å². The van der Waals surface area contributed by atoms with Crippen molar-refractivity contribution >= 4 is 17.2 Å². The zero-order valence-electron chi connectivity index (χ0n) is 11.1. The van der Waals surface area contributed by atoms with E-state index in [1.807, 2.05) is 4.68 Å². The van der Waals surface area contributed by atoms with Gasteiger partial charge in [-0.2, -0.15) is 0 Å². The summed E-state index contributed by atoms with van der Waals surface area (Å²) in [6, 6.07) is 0. The molecule has 0 bridgehead atoms. The van der Waals surface area contributed by atoms with Crippen LogP contribution in [0.3, 0.4) is 0 Å². The molecule has 100 valence electrons. The molecule has 2 N–H and O–H groups in total. The van der Waals surface area contributed by atoms with Crippen LogP contribution in [0, 0.1) is 0 Å². The molecule has 1 aromatic rings. The number of hydrogen-bond acceptors (Lipinski definition) is 4. The molecule has 1 aliphatic carbocycles. The molecule has 0 unspecified atom stereocenters. The Kier molecular flexibility index (Phi) is 4.29. The average Bonchev–Trinajstić information content (AvgIpc) is 2.59. The average molecular weight is 267 g/mol. The van der Waals surface area contributed by atoms with Crippen molar-refractivity contribution in [1.82, 2.24) is 19.9 Å². The Balaban J connectivity index is 2.11. The molecule has 1 aromatic heterocycles. The lowest BCUT2D eigenvalue weighted by atomic mass is 9.82. The highest BCUT2D eigenvalue weighted by atomic mass is 32.1. The molecule has 1 saturated carbocycles. The first-order valence-corrected chi connectivity index (χ1v) is 6.88. The summed E-state index contributed by atoms with van der Waals surface area (Å²) >= 11 is 5.06. The van der Waals surface area contributed by atoms with Gasteiger partial charge < -0.3 is 10.6 Å². The van der Waals surface area contributed by atoms with Gasteiger partial charge in [-0.05, 0) is 39.9 Å². The fourth-order valence-corrected chi connectivity index (χ4v) is 2.43. The minimum atomic E-state index is 0.371. The van der Waals surface area contributed by atoms with Crippen LogP contribution in [-0.2, 0) is 6.54 Å². The molecule has 0 aromatic carbocycles. The molecule has 0 atom stereocenters. The van der Waals surface area contributed by atoms with E-state index in [0.717, 1.165) is 30.9 Å². The zero-order valence-corrected chi connectivity index (χ0v) is 11.9. The van der Waals surface area contributed by atoms with Crippen molar-refractivity contribution in [3.05, 3.63) is 11.4 Å². The topological polar surface area (TPSA) is 60.0 Å². The fraction of sp³-hybridized carbons (Fsp3) is 0.750. The molecule has 0 spiro atoms. The molecule has 0 amide bonds. The third-order valence-electron chi connectivity index (χ3n) is 3.47. The minimum Gasteiger partial charge on any atom is -0.388 e. The van der Waals surface area contributed by atoms with Gasteiger partial charge in [0, 0.05) is 12.5 Å². The molecule has 5 nitrogen and oxygen atoms in total. The summed E-state index contributed by atoms with van der Waals surface area (Å²) in [5.41, 5.74) is 7.62. The molecule has 18 heavy (non-hydrogen) atoms. The Hall–Kier alpha value is -1.01.